The second kappa shape index (κ2) is 9.04. The molecule has 0 nitrogen and oxygen atoms in total. The number of alkyl halides is 1. The van der Waals surface area contributed by atoms with E-state index in [4.69, 9.17) is 0 Å². The Morgan fingerprint density at radius 2 is 1.75 bits per heavy atom. The van der Waals surface area contributed by atoms with Gasteiger partial charge in [0.25, 0.3) is 0 Å². The molecule has 1 aromatic carbocycles. The van der Waals surface area contributed by atoms with Gasteiger partial charge in [-0.1, -0.05) is 71.8 Å². The molecule has 0 atom stereocenters. The van der Waals surface area contributed by atoms with Gasteiger partial charge in [0.2, 0.25) is 0 Å². The maximum atomic E-state index is 2.39. The average molecular weight is 276 g/mol. The van der Waals surface area contributed by atoms with Gasteiger partial charge in [-0.2, -0.15) is 0 Å². The van der Waals surface area contributed by atoms with Gasteiger partial charge in [-0.3, -0.25) is 0 Å². The van der Waals surface area contributed by atoms with Crippen molar-refractivity contribution < 1.29 is 0 Å². The molecule has 1 aromatic rings. The number of rotatable bonds is 2. The zero-order valence-corrected chi connectivity index (χ0v) is 10.0. The van der Waals surface area contributed by atoms with E-state index < -0.39 is 0 Å². The summed E-state index contributed by atoms with van der Waals surface area (Å²) < 4.78 is 1.31. The largest absolute Gasteiger partial charge is 0.0864 e. The Balaban J connectivity index is 0.000000217. The Morgan fingerprint density at radius 3 is 1.92 bits per heavy atom. The van der Waals surface area contributed by atoms with Crippen LogP contribution in [-0.2, 0) is 0 Å². The Hall–Kier alpha value is -0.0500. The quantitative estimate of drug-likeness (QED) is 0.560. The first-order chi connectivity index (χ1) is 5.81. The second-order valence-electron chi connectivity index (χ2n) is 2.70. The molecule has 0 aliphatic carbocycles. The molecule has 0 aliphatic rings. The second-order valence-corrected chi connectivity index (χ2v) is 3.78. The number of unbranched alkanes of at least 4 members (excludes halogenated alkanes) is 1. The highest BCUT2D eigenvalue weighted by Gasteiger charge is 1.72. The van der Waals surface area contributed by atoms with E-state index in [0.29, 0.717) is 0 Å². The first-order valence-corrected chi connectivity index (χ1v) is 5.91. The monoisotopic (exact) mass is 276 g/mol. The van der Waals surface area contributed by atoms with Gasteiger partial charge < -0.3 is 0 Å². The molecule has 0 heterocycles. The molecule has 1 rings (SSSR count). The van der Waals surface area contributed by atoms with Crippen molar-refractivity contribution in [3.8, 4) is 0 Å². The fraction of sp³-hybridized carbons (Fsp3) is 0.455. The molecule has 0 aromatic heterocycles. The third kappa shape index (κ3) is 8.05. The maximum absolute atomic E-state index is 2.39. The molecular formula is C11H17I. The third-order valence-electron chi connectivity index (χ3n) is 1.43. The predicted molar refractivity (Wildman–Crippen MR) is 65.0 cm³/mol. The summed E-state index contributed by atoms with van der Waals surface area (Å²) in [7, 11) is 0. The summed E-state index contributed by atoms with van der Waals surface area (Å²) in [5, 5.41) is 0. The van der Waals surface area contributed by atoms with Crippen LogP contribution in [0.3, 0.4) is 0 Å². The van der Waals surface area contributed by atoms with E-state index in [2.05, 4.69) is 48.6 Å². The van der Waals surface area contributed by atoms with Gasteiger partial charge in [-0.05, 0) is 17.8 Å². The molecule has 0 aliphatic heterocycles. The normalized spacial score (nSPS) is 8.58. The van der Waals surface area contributed by atoms with Crippen molar-refractivity contribution in [2.24, 2.45) is 0 Å². The van der Waals surface area contributed by atoms with Crippen molar-refractivity contribution >= 4 is 22.6 Å². The molecule has 0 bridgehead atoms. The summed E-state index contributed by atoms with van der Waals surface area (Å²) in [6.45, 7) is 4.29. The van der Waals surface area contributed by atoms with Crippen LogP contribution in [0.1, 0.15) is 25.3 Å². The van der Waals surface area contributed by atoms with Crippen LogP contribution in [0.5, 0.6) is 0 Å². The van der Waals surface area contributed by atoms with Crippen molar-refractivity contribution in [1.29, 1.82) is 0 Å². The smallest absolute Gasteiger partial charge is 0.000483 e. The van der Waals surface area contributed by atoms with E-state index in [9.17, 15) is 0 Å². The number of hydrogen-bond donors (Lipinski definition) is 0. The summed E-state index contributed by atoms with van der Waals surface area (Å²) >= 11 is 2.39. The standard InChI is InChI=1S/C7H8.C4H9I/c1-7-5-3-2-4-6-7;1-2-3-4-5/h2-6H,1H3;2-4H2,1H3. The van der Waals surface area contributed by atoms with Gasteiger partial charge in [0.15, 0.2) is 0 Å². The van der Waals surface area contributed by atoms with Crippen LogP contribution in [0.4, 0.5) is 0 Å². The van der Waals surface area contributed by atoms with Crippen molar-refractivity contribution in [3.05, 3.63) is 35.9 Å². The highest BCUT2D eigenvalue weighted by atomic mass is 127. The van der Waals surface area contributed by atoms with Gasteiger partial charge in [0, 0.05) is 0 Å². The zero-order valence-electron chi connectivity index (χ0n) is 7.89. The molecule has 68 valence electrons. The Labute approximate surface area is 89.5 Å². The highest BCUT2D eigenvalue weighted by molar-refractivity contribution is 14.1. The molecule has 0 saturated heterocycles. The molecular weight excluding hydrogens is 259 g/mol. The van der Waals surface area contributed by atoms with E-state index in [-0.39, 0.29) is 0 Å². The van der Waals surface area contributed by atoms with Crippen molar-refractivity contribution in [2.45, 2.75) is 26.7 Å². The van der Waals surface area contributed by atoms with Gasteiger partial charge in [0.05, 0.1) is 0 Å². The predicted octanol–water partition coefficient (Wildman–Crippen LogP) is 4.22. The molecule has 0 saturated carbocycles. The lowest BCUT2D eigenvalue weighted by atomic mass is 10.2. The molecule has 0 fully saturated rings. The first kappa shape index (κ1) is 11.9. The minimum atomic E-state index is 1.31. The third-order valence-corrected chi connectivity index (χ3v) is 2.19. The topological polar surface area (TPSA) is 0 Å². The van der Waals surface area contributed by atoms with E-state index in [1.54, 1.807) is 0 Å². The van der Waals surface area contributed by atoms with Crippen LogP contribution in [0.25, 0.3) is 0 Å². The summed E-state index contributed by atoms with van der Waals surface area (Å²) in [4.78, 5) is 0. The van der Waals surface area contributed by atoms with Gasteiger partial charge in [-0.15, -0.1) is 0 Å². The van der Waals surface area contributed by atoms with Crippen molar-refractivity contribution in [3.63, 3.8) is 0 Å². The number of aryl methyl sites for hydroxylation is 1. The van der Waals surface area contributed by atoms with Gasteiger partial charge in [-0.25, -0.2) is 0 Å². The molecule has 0 radical (unpaired) electrons. The van der Waals surface area contributed by atoms with Crippen LogP contribution in [0.15, 0.2) is 30.3 Å². The number of hydrogen-bond acceptors (Lipinski definition) is 0. The Morgan fingerprint density at radius 1 is 1.17 bits per heavy atom. The fourth-order valence-corrected chi connectivity index (χ4v) is 1.43. The van der Waals surface area contributed by atoms with Crippen LogP contribution in [0.2, 0.25) is 0 Å². The van der Waals surface area contributed by atoms with E-state index in [1.807, 2.05) is 18.2 Å². The van der Waals surface area contributed by atoms with Crippen LogP contribution in [0, 0.1) is 6.92 Å². The molecule has 0 N–H and O–H groups in total. The SMILES string of the molecule is CCCCI.Cc1ccccc1. The molecule has 0 spiro atoms. The molecule has 0 amide bonds. The number of benzene rings is 1. The molecule has 0 unspecified atom stereocenters. The lowest BCUT2D eigenvalue weighted by Crippen LogP contribution is -1.64. The minimum absolute atomic E-state index is 1.31. The van der Waals surface area contributed by atoms with E-state index in [1.165, 1.54) is 22.8 Å². The lowest BCUT2D eigenvalue weighted by molar-refractivity contribution is 0.907. The highest BCUT2D eigenvalue weighted by Crippen LogP contribution is 1.92. The minimum Gasteiger partial charge on any atom is -0.0864 e. The van der Waals surface area contributed by atoms with Crippen molar-refractivity contribution in [2.75, 3.05) is 4.43 Å². The zero-order chi connectivity index (χ0) is 9.23. The molecule has 1 heteroatoms. The average Bonchev–Trinajstić information content (AvgIpc) is 2.08. The van der Waals surface area contributed by atoms with Crippen LogP contribution in [-0.4, -0.2) is 4.43 Å². The Bertz CT molecular complexity index is 168. The van der Waals surface area contributed by atoms with Gasteiger partial charge in [0.1, 0.15) is 0 Å². The summed E-state index contributed by atoms with van der Waals surface area (Å²) in [5.74, 6) is 0. The van der Waals surface area contributed by atoms with Crippen LogP contribution < -0.4 is 0 Å². The van der Waals surface area contributed by atoms with E-state index in [0.717, 1.165) is 0 Å². The summed E-state index contributed by atoms with van der Waals surface area (Å²) in [6.07, 6.45) is 2.71. The molecule has 12 heavy (non-hydrogen) atoms. The summed E-state index contributed by atoms with van der Waals surface area (Å²) in [6, 6.07) is 10.3. The summed E-state index contributed by atoms with van der Waals surface area (Å²) in [5.41, 5.74) is 1.32. The maximum Gasteiger partial charge on any atom is -0.000483 e. The Kier molecular flexibility index (Phi) is 9.00. The lowest BCUT2D eigenvalue weighted by Gasteiger charge is -1.82. The number of halogens is 1. The van der Waals surface area contributed by atoms with Crippen LogP contribution >= 0.6 is 22.6 Å². The fourth-order valence-electron chi connectivity index (χ4n) is 0.668. The van der Waals surface area contributed by atoms with E-state index >= 15 is 0 Å². The van der Waals surface area contributed by atoms with Crippen molar-refractivity contribution in [1.82, 2.24) is 0 Å². The first-order valence-electron chi connectivity index (χ1n) is 4.39. The van der Waals surface area contributed by atoms with Gasteiger partial charge >= 0.3 is 0 Å².